The molecule has 2 heterocycles. The number of carbonyl (C=O) groups excluding carboxylic acids is 1. The molecule has 2 rings (SSSR count). The fraction of sp³-hybridized carbons (Fsp3) is 0.647. The van der Waals surface area contributed by atoms with Crippen LogP contribution in [0.4, 0.5) is 9.80 Å². The Morgan fingerprint density at radius 3 is 2.52 bits per heavy atom. The highest BCUT2D eigenvalue weighted by Gasteiger charge is 2.38. The van der Waals surface area contributed by atoms with Crippen LogP contribution in [0.1, 0.15) is 45.9 Å². The predicted molar refractivity (Wildman–Crippen MR) is 97.0 cm³/mol. The van der Waals surface area contributed by atoms with Gasteiger partial charge in [0, 0.05) is 17.6 Å². The minimum Gasteiger partial charge on any atom is -0.306 e. The van der Waals surface area contributed by atoms with Crippen LogP contribution in [0.5, 0.6) is 0 Å². The first-order chi connectivity index (χ1) is 10.8. The Labute approximate surface area is 143 Å². The maximum Gasteiger partial charge on any atom is 0.327 e. The van der Waals surface area contributed by atoms with Gasteiger partial charge < -0.3 is 4.90 Å². The smallest absolute Gasteiger partial charge is 0.306 e. The molecule has 0 aromatic carbocycles. The van der Waals surface area contributed by atoms with Crippen molar-refractivity contribution >= 4 is 22.6 Å². The molecule has 6 heteroatoms. The Morgan fingerprint density at radius 2 is 2.00 bits per heavy atom. The zero-order valence-corrected chi connectivity index (χ0v) is 15.9. The van der Waals surface area contributed by atoms with E-state index in [2.05, 4.69) is 56.0 Å². The molecule has 5 nitrogen and oxygen atoms in total. The van der Waals surface area contributed by atoms with Gasteiger partial charge in [0.15, 0.2) is 0 Å². The standard InChI is InChI=1S/C17H28N4OS/c1-7-9-10-19-11-20(15-13(3)14(8-2)18-23-15)16(22)21(12-19)17(4,5)6/h7,9H,8,10-12H2,1-6H3. The van der Waals surface area contributed by atoms with Gasteiger partial charge in [-0.1, -0.05) is 19.1 Å². The average Bonchev–Trinajstić information content (AvgIpc) is 2.85. The van der Waals surface area contributed by atoms with E-state index in [1.807, 2.05) is 16.7 Å². The molecule has 0 spiro atoms. The molecule has 0 atom stereocenters. The van der Waals surface area contributed by atoms with Crippen molar-refractivity contribution in [3.63, 3.8) is 0 Å². The average molecular weight is 337 g/mol. The number of carbonyl (C=O) groups is 1. The molecule has 1 aromatic heterocycles. The first-order valence-electron chi connectivity index (χ1n) is 8.17. The maximum absolute atomic E-state index is 13.0. The highest BCUT2D eigenvalue weighted by Crippen LogP contribution is 2.32. The van der Waals surface area contributed by atoms with Gasteiger partial charge in [0.1, 0.15) is 5.00 Å². The number of amides is 2. The van der Waals surface area contributed by atoms with Crippen molar-refractivity contribution in [2.75, 3.05) is 24.8 Å². The lowest BCUT2D eigenvalue weighted by Crippen LogP contribution is -2.63. The Morgan fingerprint density at radius 1 is 1.30 bits per heavy atom. The lowest BCUT2D eigenvalue weighted by molar-refractivity contribution is 0.0697. The van der Waals surface area contributed by atoms with Gasteiger partial charge in [0.05, 0.1) is 19.0 Å². The van der Waals surface area contributed by atoms with Crippen molar-refractivity contribution in [3.05, 3.63) is 23.4 Å². The van der Waals surface area contributed by atoms with E-state index in [9.17, 15) is 4.79 Å². The van der Waals surface area contributed by atoms with Crippen LogP contribution in [-0.2, 0) is 6.42 Å². The summed E-state index contributed by atoms with van der Waals surface area (Å²) in [6.45, 7) is 14.5. The summed E-state index contributed by atoms with van der Waals surface area (Å²) >= 11 is 1.43. The molecule has 0 bridgehead atoms. The largest absolute Gasteiger partial charge is 0.327 e. The van der Waals surface area contributed by atoms with Crippen LogP contribution in [0.2, 0.25) is 0 Å². The second kappa shape index (κ2) is 7.01. The molecule has 1 saturated heterocycles. The van der Waals surface area contributed by atoms with Gasteiger partial charge in [0.2, 0.25) is 0 Å². The third-order valence-electron chi connectivity index (χ3n) is 4.13. The monoisotopic (exact) mass is 336 g/mol. The van der Waals surface area contributed by atoms with Crippen molar-refractivity contribution < 1.29 is 4.79 Å². The summed E-state index contributed by atoms with van der Waals surface area (Å²) in [7, 11) is 0. The van der Waals surface area contributed by atoms with Gasteiger partial charge in [-0.05, 0) is 52.6 Å². The SMILES string of the molecule is CC=CCN1CN(c2snc(CC)c2C)C(=O)N(C(C)(C)C)C1. The number of hydrogen-bond donors (Lipinski definition) is 0. The summed E-state index contributed by atoms with van der Waals surface area (Å²) in [4.78, 5) is 19.1. The molecule has 1 aliphatic heterocycles. The normalized spacial score (nSPS) is 17.6. The molecule has 0 aliphatic carbocycles. The molecule has 23 heavy (non-hydrogen) atoms. The lowest BCUT2D eigenvalue weighted by Gasteiger charge is -2.47. The van der Waals surface area contributed by atoms with Crippen molar-refractivity contribution in [1.82, 2.24) is 14.2 Å². The summed E-state index contributed by atoms with van der Waals surface area (Å²) in [6.07, 6.45) is 5.08. The molecule has 0 saturated carbocycles. The summed E-state index contributed by atoms with van der Waals surface area (Å²) in [5.74, 6) is 0. The van der Waals surface area contributed by atoms with Gasteiger partial charge >= 0.3 is 6.03 Å². The molecule has 0 N–H and O–H groups in total. The van der Waals surface area contributed by atoms with Crippen LogP contribution in [0, 0.1) is 6.92 Å². The zero-order valence-electron chi connectivity index (χ0n) is 15.1. The van der Waals surface area contributed by atoms with E-state index in [4.69, 9.17) is 0 Å². The Balaban J connectivity index is 2.35. The third kappa shape index (κ3) is 3.75. The molecule has 0 unspecified atom stereocenters. The first-order valence-corrected chi connectivity index (χ1v) is 8.94. The number of anilines is 1. The van der Waals surface area contributed by atoms with Gasteiger partial charge in [-0.15, -0.1) is 0 Å². The quantitative estimate of drug-likeness (QED) is 0.784. The Hall–Kier alpha value is -1.40. The maximum atomic E-state index is 13.0. The van der Waals surface area contributed by atoms with E-state index < -0.39 is 0 Å². The number of allylic oxidation sites excluding steroid dienone is 1. The van der Waals surface area contributed by atoms with Crippen LogP contribution in [0.15, 0.2) is 12.2 Å². The minimum absolute atomic E-state index is 0.0728. The van der Waals surface area contributed by atoms with E-state index >= 15 is 0 Å². The van der Waals surface area contributed by atoms with E-state index in [1.54, 1.807) is 0 Å². The van der Waals surface area contributed by atoms with Crippen molar-refractivity contribution in [2.24, 2.45) is 0 Å². The van der Waals surface area contributed by atoms with Gasteiger partial charge in [-0.2, -0.15) is 4.37 Å². The third-order valence-corrected chi connectivity index (χ3v) is 5.14. The molecule has 1 aromatic rings. The number of urea groups is 1. The second-order valence-corrected chi connectivity index (χ2v) is 7.68. The zero-order chi connectivity index (χ0) is 17.2. The summed E-state index contributed by atoms with van der Waals surface area (Å²) in [5, 5.41) is 0.978. The number of nitrogens with zero attached hydrogens (tertiary/aromatic N) is 4. The fourth-order valence-corrected chi connectivity index (χ4v) is 3.62. The number of rotatable bonds is 4. The Kier molecular flexibility index (Phi) is 5.47. The van der Waals surface area contributed by atoms with Gasteiger partial charge in [-0.3, -0.25) is 9.80 Å². The first kappa shape index (κ1) is 17.9. The van der Waals surface area contributed by atoms with Crippen molar-refractivity contribution in [2.45, 2.75) is 53.5 Å². The Bertz CT molecular complexity index is 588. The van der Waals surface area contributed by atoms with Gasteiger partial charge in [0.25, 0.3) is 0 Å². The van der Waals surface area contributed by atoms with E-state index in [-0.39, 0.29) is 11.6 Å². The van der Waals surface area contributed by atoms with Crippen LogP contribution in [-0.4, -0.2) is 45.6 Å². The van der Waals surface area contributed by atoms with Crippen LogP contribution in [0.3, 0.4) is 0 Å². The van der Waals surface area contributed by atoms with Crippen LogP contribution < -0.4 is 4.90 Å². The van der Waals surface area contributed by atoms with Crippen LogP contribution in [0.25, 0.3) is 0 Å². The highest BCUT2D eigenvalue weighted by atomic mass is 32.1. The molecule has 1 fully saturated rings. The number of hydrogen-bond acceptors (Lipinski definition) is 4. The lowest BCUT2D eigenvalue weighted by atomic mass is 10.1. The van der Waals surface area contributed by atoms with E-state index in [0.29, 0.717) is 13.3 Å². The summed E-state index contributed by atoms with van der Waals surface area (Å²) in [6, 6.07) is 0.0728. The molecule has 2 amide bonds. The summed E-state index contributed by atoms with van der Waals surface area (Å²) in [5.41, 5.74) is 2.01. The highest BCUT2D eigenvalue weighted by molar-refractivity contribution is 7.10. The van der Waals surface area contributed by atoms with Gasteiger partial charge in [-0.25, -0.2) is 4.79 Å². The summed E-state index contributed by atoms with van der Waals surface area (Å²) < 4.78 is 4.52. The van der Waals surface area contributed by atoms with Crippen molar-refractivity contribution in [3.8, 4) is 0 Å². The van der Waals surface area contributed by atoms with E-state index in [1.165, 1.54) is 11.5 Å². The molecule has 0 radical (unpaired) electrons. The molecular weight excluding hydrogens is 308 g/mol. The van der Waals surface area contributed by atoms with Crippen LogP contribution >= 0.6 is 11.5 Å². The van der Waals surface area contributed by atoms with Crippen molar-refractivity contribution in [1.29, 1.82) is 0 Å². The second-order valence-electron chi connectivity index (χ2n) is 6.93. The molecule has 128 valence electrons. The number of aromatic nitrogens is 1. The number of aryl methyl sites for hydroxylation is 1. The minimum atomic E-state index is -0.212. The molecular formula is C17H28N4OS. The predicted octanol–water partition coefficient (Wildman–Crippen LogP) is 3.85. The van der Waals surface area contributed by atoms with E-state index in [0.717, 1.165) is 29.2 Å². The fourth-order valence-electron chi connectivity index (χ4n) is 2.67. The molecule has 1 aliphatic rings. The topological polar surface area (TPSA) is 39.7 Å².